The lowest BCUT2D eigenvalue weighted by molar-refractivity contribution is -0.0647. The zero-order chi connectivity index (χ0) is 14.4. The van der Waals surface area contributed by atoms with Crippen molar-refractivity contribution in [3.8, 4) is 5.75 Å². The minimum absolute atomic E-state index is 0.0783. The van der Waals surface area contributed by atoms with E-state index in [1.54, 1.807) is 0 Å². The first kappa shape index (κ1) is 15.3. The number of aryl methyl sites for hydroxylation is 1. The van der Waals surface area contributed by atoms with Gasteiger partial charge in [-0.1, -0.05) is 17.7 Å². The molecule has 0 saturated carbocycles. The van der Waals surface area contributed by atoms with Crippen molar-refractivity contribution >= 4 is 0 Å². The number of ether oxygens (including phenoxy) is 2. The summed E-state index contributed by atoms with van der Waals surface area (Å²) in [5.74, 6) is 0.738. The first-order valence-electron chi connectivity index (χ1n) is 6.94. The highest BCUT2D eigenvalue weighted by molar-refractivity contribution is 5.26. The standard InChI is InChI=1S/C15H23NO4/c1-13-2-4-14(5-3-13)20-12-15(18)10-16(6-8-17)7-9-19-11-15/h2-5,17-18H,6-12H2,1H3. The van der Waals surface area contributed by atoms with Crippen molar-refractivity contribution in [1.29, 1.82) is 0 Å². The van der Waals surface area contributed by atoms with Gasteiger partial charge in [-0.15, -0.1) is 0 Å². The highest BCUT2D eigenvalue weighted by Gasteiger charge is 2.33. The van der Waals surface area contributed by atoms with Gasteiger partial charge >= 0.3 is 0 Å². The molecule has 1 saturated heterocycles. The van der Waals surface area contributed by atoms with Gasteiger partial charge in [0, 0.05) is 19.6 Å². The van der Waals surface area contributed by atoms with E-state index in [1.165, 1.54) is 5.56 Å². The van der Waals surface area contributed by atoms with Crippen molar-refractivity contribution in [3.63, 3.8) is 0 Å². The maximum atomic E-state index is 10.6. The molecule has 0 amide bonds. The minimum Gasteiger partial charge on any atom is -0.490 e. The Morgan fingerprint density at radius 2 is 2.10 bits per heavy atom. The number of rotatable bonds is 5. The van der Waals surface area contributed by atoms with Crippen LogP contribution in [0.15, 0.2) is 24.3 Å². The summed E-state index contributed by atoms with van der Waals surface area (Å²) in [6.07, 6.45) is 0. The number of hydrogen-bond acceptors (Lipinski definition) is 5. The average molecular weight is 281 g/mol. The maximum Gasteiger partial charge on any atom is 0.134 e. The zero-order valence-corrected chi connectivity index (χ0v) is 11.9. The number of β-amino-alcohol motifs (C(OH)–C–C–N with tert-alkyl or cyclic N) is 2. The highest BCUT2D eigenvalue weighted by atomic mass is 16.5. The molecule has 1 heterocycles. The number of hydrogen-bond donors (Lipinski definition) is 2. The second-order valence-corrected chi connectivity index (χ2v) is 5.38. The van der Waals surface area contributed by atoms with Crippen molar-refractivity contribution < 1.29 is 19.7 Å². The van der Waals surface area contributed by atoms with Crippen molar-refractivity contribution in [2.75, 3.05) is 46.1 Å². The Morgan fingerprint density at radius 3 is 2.80 bits per heavy atom. The zero-order valence-electron chi connectivity index (χ0n) is 11.9. The van der Waals surface area contributed by atoms with E-state index in [0.717, 1.165) is 5.75 Å². The van der Waals surface area contributed by atoms with Crippen LogP contribution in [-0.4, -0.2) is 66.8 Å². The molecule has 0 bridgehead atoms. The van der Waals surface area contributed by atoms with Crippen LogP contribution in [0.3, 0.4) is 0 Å². The van der Waals surface area contributed by atoms with Crippen LogP contribution < -0.4 is 4.74 Å². The van der Waals surface area contributed by atoms with Crippen LogP contribution in [0.4, 0.5) is 0 Å². The van der Waals surface area contributed by atoms with Crippen molar-refractivity contribution in [3.05, 3.63) is 29.8 Å². The van der Waals surface area contributed by atoms with E-state index in [9.17, 15) is 5.11 Å². The molecule has 1 fully saturated rings. The van der Waals surface area contributed by atoms with E-state index in [0.29, 0.717) is 26.2 Å². The molecule has 1 aliphatic rings. The van der Waals surface area contributed by atoms with Crippen LogP contribution in [0.25, 0.3) is 0 Å². The normalized spacial score (nSPS) is 24.4. The summed E-state index contributed by atoms with van der Waals surface area (Å²) in [6, 6.07) is 7.73. The van der Waals surface area contributed by atoms with E-state index in [2.05, 4.69) is 0 Å². The van der Waals surface area contributed by atoms with Crippen LogP contribution in [0, 0.1) is 6.92 Å². The fraction of sp³-hybridized carbons (Fsp3) is 0.600. The first-order chi connectivity index (χ1) is 9.61. The number of benzene rings is 1. The molecule has 0 spiro atoms. The van der Waals surface area contributed by atoms with Gasteiger partial charge in [-0.2, -0.15) is 0 Å². The number of nitrogens with zero attached hydrogens (tertiary/aromatic N) is 1. The first-order valence-corrected chi connectivity index (χ1v) is 6.94. The van der Waals surface area contributed by atoms with Gasteiger partial charge in [0.1, 0.15) is 18.0 Å². The van der Waals surface area contributed by atoms with Crippen molar-refractivity contribution in [2.45, 2.75) is 12.5 Å². The summed E-state index contributed by atoms with van der Waals surface area (Å²) in [6.45, 7) is 4.78. The van der Waals surface area contributed by atoms with Crippen molar-refractivity contribution in [2.24, 2.45) is 0 Å². The fourth-order valence-corrected chi connectivity index (χ4v) is 2.27. The predicted octanol–water partition coefficient (Wildman–Crippen LogP) is 0.429. The van der Waals surface area contributed by atoms with Crippen LogP contribution >= 0.6 is 0 Å². The largest absolute Gasteiger partial charge is 0.490 e. The monoisotopic (exact) mass is 281 g/mol. The molecule has 1 atom stereocenters. The third kappa shape index (κ3) is 4.45. The third-order valence-corrected chi connectivity index (χ3v) is 3.39. The number of aliphatic hydroxyl groups excluding tert-OH is 1. The maximum absolute atomic E-state index is 10.6. The molecule has 1 aromatic carbocycles. The molecule has 0 aliphatic carbocycles. The van der Waals surface area contributed by atoms with Gasteiger partial charge in [0.25, 0.3) is 0 Å². The molecule has 2 N–H and O–H groups in total. The molecule has 5 nitrogen and oxygen atoms in total. The molecule has 1 aliphatic heterocycles. The number of aliphatic hydroxyl groups is 2. The summed E-state index contributed by atoms with van der Waals surface area (Å²) in [4.78, 5) is 1.99. The molecule has 5 heteroatoms. The van der Waals surface area contributed by atoms with Gasteiger partial charge in [0.05, 0.1) is 19.8 Å². The summed E-state index contributed by atoms with van der Waals surface area (Å²) in [7, 11) is 0. The Morgan fingerprint density at radius 1 is 1.35 bits per heavy atom. The molecule has 112 valence electrons. The molecular formula is C15H23NO4. The van der Waals surface area contributed by atoms with E-state index < -0.39 is 5.60 Å². The van der Waals surface area contributed by atoms with Gasteiger partial charge in [-0.25, -0.2) is 0 Å². The lowest BCUT2D eigenvalue weighted by Crippen LogP contribution is -2.49. The lowest BCUT2D eigenvalue weighted by atomic mass is 10.1. The highest BCUT2D eigenvalue weighted by Crippen LogP contribution is 2.17. The summed E-state index contributed by atoms with van der Waals surface area (Å²) in [5.41, 5.74) is 0.124. The molecule has 2 rings (SSSR count). The molecule has 20 heavy (non-hydrogen) atoms. The summed E-state index contributed by atoms with van der Waals surface area (Å²) in [5, 5.41) is 19.6. The Balaban J connectivity index is 1.92. The minimum atomic E-state index is -1.05. The average Bonchev–Trinajstić information content (AvgIpc) is 2.61. The summed E-state index contributed by atoms with van der Waals surface area (Å²) >= 11 is 0. The van der Waals surface area contributed by atoms with E-state index >= 15 is 0 Å². The van der Waals surface area contributed by atoms with Crippen LogP contribution in [-0.2, 0) is 4.74 Å². The Hall–Kier alpha value is -1.14. The van der Waals surface area contributed by atoms with Crippen LogP contribution in [0.1, 0.15) is 5.56 Å². The molecule has 0 radical (unpaired) electrons. The Bertz CT molecular complexity index is 409. The van der Waals surface area contributed by atoms with Gasteiger partial charge in [0.15, 0.2) is 0 Å². The van der Waals surface area contributed by atoms with Crippen LogP contribution in [0.5, 0.6) is 5.75 Å². The molecule has 1 aromatic rings. The Kier molecular flexibility index (Phi) is 5.37. The van der Waals surface area contributed by atoms with E-state index in [-0.39, 0.29) is 19.8 Å². The second-order valence-electron chi connectivity index (χ2n) is 5.38. The topological polar surface area (TPSA) is 62.2 Å². The smallest absolute Gasteiger partial charge is 0.134 e. The third-order valence-electron chi connectivity index (χ3n) is 3.39. The molecule has 0 aromatic heterocycles. The Labute approximate surface area is 119 Å². The van der Waals surface area contributed by atoms with Crippen LogP contribution in [0.2, 0.25) is 0 Å². The fourth-order valence-electron chi connectivity index (χ4n) is 2.27. The van der Waals surface area contributed by atoms with Gasteiger partial charge in [-0.05, 0) is 19.1 Å². The lowest BCUT2D eigenvalue weighted by Gasteiger charge is -2.30. The quantitative estimate of drug-likeness (QED) is 0.819. The summed E-state index contributed by atoms with van der Waals surface area (Å²) < 4.78 is 11.1. The van der Waals surface area contributed by atoms with Gasteiger partial charge < -0.3 is 19.7 Å². The molecule has 1 unspecified atom stereocenters. The van der Waals surface area contributed by atoms with E-state index in [4.69, 9.17) is 14.6 Å². The van der Waals surface area contributed by atoms with Crippen molar-refractivity contribution in [1.82, 2.24) is 4.90 Å². The van der Waals surface area contributed by atoms with Gasteiger partial charge in [-0.3, -0.25) is 4.90 Å². The SMILES string of the molecule is Cc1ccc(OCC2(O)COCCN(CCO)C2)cc1. The molecular weight excluding hydrogens is 258 g/mol. The van der Waals surface area contributed by atoms with E-state index in [1.807, 2.05) is 36.1 Å². The predicted molar refractivity (Wildman–Crippen MR) is 76.0 cm³/mol. The van der Waals surface area contributed by atoms with Gasteiger partial charge in [0.2, 0.25) is 0 Å². The second kappa shape index (κ2) is 7.04.